The quantitative estimate of drug-likeness (QED) is 0.163. The molecule has 4 aliphatic heterocycles. The van der Waals surface area contributed by atoms with Crippen molar-refractivity contribution < 1.29 is 81.9 Å². The third kappa shape index (κ3) is 15.1. The van der Waals surface area contributed by atoms with E-state index in [1.165, 1.54) is 28.3 Å². The topological polar surface area (TPSA) is 229 Å². The van der Waals surface area contributed by atoms with Gasteiger partial charge >= 0.3 is 11.9 Å². The van der Waals surface area contributed by atoms with Gasteiger partial charge in [-0.15, -0.1) is 0 Å². The van der Waals surface area contributed by atoms with Crippen LogP contribution in [0.25, 0.3) is 0 Å². The third-order valence-electron chi connectivity index (χ3n) is 14.6. The van der Waals surface area contributed by atoms with Crippen LogP contribution in [0, 0.1) is 41.4 Å². The largest absolute Gasteiger partial charge is 0.461 e. The van der Waals surface area contributed by atoms with E-state index in [-0.39, 0.29) is 43.9 Å². The first-order valence-electron chi connectivity index (χ1n) is 25.0. The van der Waals surface area contributed by atoms with Crippen molar-refractivity contribution in [2.75, 3.05) is 41.5 Å². The van der Waals surface area contributed by atoms with E-state index in [0.29, 0.717) is 18.7 Å². The summed E-state index contributed by atoms with van der Waals surface area (Å²) in [6, 6.07) is 0.0496. The molecule has 0 aromatic rings. The first-order valence-corrected chi connectivity index (χ1v) is 25.0. The van der Waals surface area contributed by atoms with Gasteiger partial charge in [0, 0.05) is 63.8 Å². The fraction of sp³-hybridized carbons (Fsp3) is 0.920. The Labute approximate surface area is 410 Å². The molecule has 4 rings (SSSR count). The molecular weight excluding hydrogens is 901 g/mol. The third-order valence-corrected chi connectivity index (χ3v) is 14.6. The minimum absolute atomic E-state index is 0.0496. The molecule has 0 aliphatic carbocycles. The van der Waals surface area contributed by atoms with Crippen LogP contribution in [-0.2, 0) is 66.6 Å². The Morgan fingerprint density at radius 1 is 0.826 bits per heavy atom. The molecule has 0 saturated carbocycles. The molecule has 0 spiro atoms. The second kappa shape index (κ2) is 26.0. The Kier molecular flexibility index (Phi) is 22.3. The number of hydrogen-bond acceptors (Lipinski definition) is 19. The molecule has 4 fully saturated rings. The van der Waals surface area contributed by atoms with Crippen molar-refractivity contribution >= 4 is 23.4 Å². The molecule has 4 aliphatic rings. The molecular formula is C50H88N2O17. The average Bonchev–Trinajstić information content (AvgIpc) is 3.39. The van der Waals surface area contributed by atoms with Gasteiger partial charge in [-0.2, -0.15) is 0 Å². The lowest BCUT2D eigenvalue weighted by Gasteiger charge is -2.44. The number of methoxy groups -OCH3 is 2. The normalized spacial score (nSPS) is 43.7. The van der Waals surface area contributed by atoms with Gasteiger partial charge in [-0.3, -0.25) is 14.4 Å². The summed E-state index contributed by atoms with van der Waals surface area (Å²) >= 11 is 0. The number of hydrogen-bond donors (Lipinski definition) is 3. The van der Waals surface area contributed by atoms with Crippen LogP contribution >= 0.6 is 0 Å². The standard InChI is InChI=1S/C50H88N2O17/c1-24(2)18-36(53)66-42-31(9)41(26(4)23-62-49-45(60-16)44(59-15)38(54)34(12)65-49)68-47(57)33(11)43(67-37-19-27(5)52(14)22-29(7)63-37)30(8)40(25(3)21-50(13,58)46(56)32(42)10)69-48-39(55)35(51-61-17)20-28(6)64-48/h24-34,37-45,48-49,54-55,58H,18-23H2,1-17H3/t25?,26?,27-,28-,29+,30?,31?,32?,33?,34-,37+,38-,39-,40?,41?,42?,43?,44-,45-,48+,49-,50?/m1/s1. The molecule has 22 atom stereocenters. The number of rotatable bonds is 14. The van der Waals surface area contributed by atoms with Gasteiger partial charge in [0.2, 0.25) is 0 Å². The first-order chi connectivity index (χ1) is 32.3. The maximum absolute atomic E-state index is 15.1. The van der Waals surface area contributed by atoms with Crippen molar-refractivity contribution in [3.05, 3.63) is 0 Å². The van der Waals surface area contributed by atoms with Crippen molar-refractivity contribution in [3.8, 4) is 0 Å². The van der Waals surface area contributed by atoms with Crippen LogP contribution in [0.5, 0.6) is 0 Å². The first kappa shape index (κ1) is 59.2. The van der Waals surface area contributed by atoms with Gasteiger partial charge < -0.3 is 72.4 Å². The van der Waals surface area contributed by atoms with E-state index in [2.05, 4.69) is 17.0 Å². The molecule has 11 unspecified atom stereocenters. The van der Waals surface area contributed by atoms with Gasteiger partial charge in [0.1, 0.15) is 49.3 Å². The van der Waals surface area contributed by atoms with Crippen LogP contribution in [0.15, 0.2) is 5.16 Å². The number of Topliss-reactive ketones (excluding diaryl/α,β-unsaturated/α-hetero) is 1. The van der Waals surface area contributed by atoms with Crippen molar-refractivity contribution in [1.82, 2.24) is 4.90 Å². The lowest BCUT2D eigenvalue weighted by atomic mass is 9.74. The molecule has 0 aromatic carbocycles. The van der Waals surface area contributed by atoms with Gasteiger partial charge in [-0.1, -0.05) is 53.6 Å². The lowest BCUT2D eigenvalue weighted by molar-refractivity contribution is -0.305. The average molecular weight is 989 g/mol. The van der Waals surface area contributed by atoms with E-state index in [9.17, 15) is 24.9 Å². The maximum Gasteiger partial charge on any atom is 0.311 e. The van der Waals surface area contributed by atoms with E-state index in [0.717, 1.165) is 0 Å². The smallest absolute Gasteiger partial charge is 0.311 e. The van der Waals surface area contributed by atoms with Crippen molar-refractivity contribution in [2.45, 2.75) is 213 Å². The zero-order valence-corrected chi connectivity index (χ0v) is 44.4. The molecule has 4 heterocycles. The number of oxime groups is 1. The second-order valence-electron chi connectivity index (χ2n) is 21.3. The number of ether oxygens (including phenoxy) is 10. The number of likely N-dealkylation sites (N-methyl/N-ethyl adjacent to an activating group) is 1. The monoisotopic (exact) mass is 989 g/mol. The Balaban J connectivity index is 1.88. The fourth-order valence-corrected chi connectivity index (χ4v) is 10.7. The summed E-state index contributed by atoms with van der Waals surface area (Å²) in [6.45, 7) is 23.9. The Hall–Kier alpha value is -2.40. The van der Waals surface area contributed by atoms with Gasteiger partial charge in [0.25, 0.3) is 0 Å². The highest BCUT2D eigenvalue weighted by atomic mass is 16.7. The summed E-state index contributed by atoms with van der Waals surface area (Å²) in [5.74, 6) is -6.83. The van der Waals surface area contributed by atoms with E-state index in [1.807, 2.05) is 55.5 Å². The molecule has 400 valence electrons. The number of aliphatic hydroxyl groups is 3. The molecule has 0 radical (unpaired) electrons. The van der Waals surface area contributed by atoms with Crippen LogP contribution in [0.3, 0.4) is 0 Å². The predicted octanol–water partition coefficient (Wildman–Crippen LogP) is 4.27. The van der Waals surface area contributed by atoms with Crippen LogP contribution in [0.1, 0.15) is 116 Å². The molecule has 69 heavy (non-hydrogen) atoms. The number of ketones is 1. The highest BCUT2D eigenvalue weighted by Crippen LogP contribution is 2.39. The van der Waals surface area contributed by atoms with Crippen LogP contribution in [0.2, 0.25) is 0 Å². The minimum Gasteiger partial charge on any atom is -0.461 e. The highest BCUT2D eigenvalue weighted by molar-refractivity contribution is 5.90. The lowest BCUT2D eigenvalue weighted by Crippen LogP contribution is -2.59. The van der Waals surface area contributed by atoms with Gasteiger partial charge in [0.05, 0.1) is 54.7 Å². The predicted molar refractivity (Wildman–Crippen MR) is 253 cm³/mol. The molecule has 3 N–H and O–H groups in total. The molecule has 19 nitrogen and oxygen atoms in total. The highest BCUT2D eigenvalue weighted by Gasteiger charge is 2.51. The molecule has 0 bridgehead atoms. The van der Waals surface area contributed by atoms with Crippen molar-refractivity contribution in [2.24, 2.45) is 46.6 Å². The molecule has 4 saturated heterocycles. The minimum atomic E-state index is -2.01. The van der Waals surface area contributed by atoms with Gasteiger partial charge in [-0.05, 0) is 66.8 Å². The van der Waals surface area contributed by atoms with Gasteiger partial charge in [-0.25, -0.2) is 0 Å². The van der Waals surface area contributed by atoms with Crippen LogP contribution < -0.4 is 0 Å². The zero-order chi connectivity index (χ0) is 51.8. The summed E-state index contributed by atoms with van der Waals surface area (Å²) in [5, 5.41) is 38.8. The molecule has 0 amide bonds. The summed E-state index contributed by atoms with van der Waals surface area (Å²) in [7, 11) is 6.33. The number of aliphatic hydroxyl groups excluding tert-OH is 2. The number of carbonyl (C=O) groups excluding carboxylic acids is 3. The zero-order valence-electron chi connectivity index (χ0n) is 44.4. The fourth-order valence-electron chi connectivity index (χ4n) is 10.7. The van der Waals surface area contributed by atoms with E-state index in [4.69, 9.17) is 52.2 Å². The van der Waals surface area contributed by atoms with Crippen molar-refractivity contribution in [3.63, 3.8) is 0 Å². The number of nitrogens with zero attached hydrogens (tertiary/aromatic N) is 2. The summed E-state index contributed by atoms with van der Waals surface area (Å²) in [6.07, 6.45) is -11.8. The second-order valence-corrected chi connectivity index (χ2v) is 21.3. The van der Waals surface area contributed by atoms with Crippen LogP contribution in [-0.4, -0.2) is 183 Å². The number of cyclic esters (lactones) is 1. The number of carbonyl (C=O) groups is 3. The summed E-state index contributed by atoms with van der Waals surface area (Å²) in [4.78, 5) is 50.9. The van der Waals surface area contributed by atoms with Crippen molar-refractivity contribution in [1.29, 1.82) is 0 Å². The summed E-state index contributed by atoms with van der Waals surface area (Å²) in [5.41, 5.74) is -1.69. The van der Waals surface area contributed by atoms with E-state index >= 15 is 4.79 Å². The van der Waals surface area contributed by atoms with E-state index in [1.54, 1.807) is 27.7 Å². The Morgan fingerprint density at radius 3 is 2.09 bits per heavy atom. The summed E-state index contributed by atoms with van der Waals surface area (Å²) < 4.78 is 63.1. The SMILES string of the molecule is CON=C1C[C@@H](C)O[C@@H](OC2C(C)CC(C)(O)C(=O)C(C)C(OC(=O)CC(C)C)C(C)C(C(C)CO[C@@H]3O[C@H](C)[C@@H](O)[C@@H](OC)[C@H]3OC)OC(=O)C(C)C(O[C@H]3C[C@@H](C)N(C)C[C@H](C)O3)C2C)[C@@H]1O. The van der Waals surface area contributed by atoms with Gasteiger partial charge in [0.15, 0.2) is 24.7 Å². The maximum atomic E-state index is 15.1. The number of esters is 2. The Morgan fingerprint density at radius 2 is 1.48 bits per heavy atom. The van der Waals surface area contributed by atoms with Crippen LogP contribution in [0.4, 0.5) is 0 Å². The molecule has 0 aromatic heterocycles. The van der Waals surface area contributed by atoms with E-state index < -0.39 is 139 Å². The molecule has 19 heteroatoms. The Bertz CT molecular complexity index is 1670.